The molecule has 1 atom stereocenters. The standard InChI is InChI=1S/C12H17NO2/c1-8-11(14)5-4-9(12(8)15)7-10-3-2-6-13-10/h4-5,10,13-15H,2-3,6-7H2,1H3. The van der Waals surface area contributed by atoms with Crippen molar-refractivity contribution in [3.8, 4) is 11.5 Å². The molecule has 0 bridgehead atoms. The zero-order valence-electron chi connectivity index (χ0n) is 8.95. The molecule has 0 radical (unpaired) electrons. The third-order valence-corrected chi connectivity index (χ3v) is 3.11. The van der Waals surface area contributed by atoms with Crippen molar-refractivity contribution in [2.45, 2.75) is 32.2 Å². The summed E-state index contributed by atoms with van der Waals surface area (Å²) in [5.41, 5.74) is 1.50. The summed E-state index contributed by atoms with van der Waals surface area (Å²) < 4.78 is 0. The van der Waals surface area contributed by atoms with Crippen molar-refractivity contribution in [3.63, 3.8) is 0 Å². The smallest absolute Gasteiger partial charge is 0.125 e. The quantitative estimate of drug-likeness (QED) is 0.692. The lowest BCUT2D eigenvalue weighted by Gasteiger charge is -2.13. The third kappa shape index (κ3) is 2.07. The number of aromatic hydroxyl groups is 2. The molecule has 1 aromatic carbocycles. The van der Waals surface area contributed by atoms with Gasteiger partial charge in [-0.15, -0.1) is 0 Å². The van der Waals surface area contributed by atoms with Crippen LogP contribution in [0, 0.1) is 6.92 Å². The summed E-state index contributed by atoms with van der Waals surface area (Å²) in [4.78, 5) is 0. The lowest BCUT2D eigenvalue weighted by molar-refractivity contribution is 0.435. The maximum atomic E-state index is 9.85. The van der Waals surface area contributed by atoms with Gasteiger partial charge in [-0.05, 0) is 44.4 Å². The van der Waals surface area contributed by atoms with E-state index in [-0.39, 0.29) is 11.5 Å². The van der Waals surface area contributed by atoms with E-state index in [1.165, 1.54) is 12.8 Å². The SMILES string of the molecule is Cc1c(O)ccc(CC2CCCN2)c1O. The molecular formula is C12H17NO2. The molecule has 1 heterocycles. The van der Waals surface area contributed by atoms with Gasteiger partial charge in [0.1, 0.15) is 11.5 Å². The van der Waals surface area contributed by atoms with Crippen molar-refractivity contribution >= 4 is 0 Å². The summed E-state index contributed by atoms with van der Waals surface area (Å²) in [6, 6.07) is 3.93. The summed E-state index contributed by atoms with van der Waals surface area (Å²) in [6.07, 6.45) is 3.22. The Balaban J connectivity index is 2.17. The van der Waals surface area contributed by atoms with Crippen LogP contribution < -0.4 is 5.32 Å². The molecule has 1 fully saturated rings. The normalized spacial score (nSPS) is 20.7. The Bertz CT molecular complexity index is 357. The minimum absolute atomic E-state index is 0.163. The van der Waals surface area contributed by atoms with Crippen LogP contribution in [0.1, 0.15) is 24.0 Å². The Morgan fingerprint density at radius 1 is 1.40 bits per heavy atom. The molecule has 0 aromatic heterocycles. The van der Waals surface area contributed by atoms with Crippen LogP contribution in [0.15, 0.2) is 12.1 Å². The van der Waals surface area contributed by atoms with Crippen molar-refractivity contribution in [1.82, 2.24) is 5.32 Å². The van der Waals surface area contributed by atoms with Crippen LogP contribution >= 0.6 is 0 Å². The average molecular weight is 207 g/mol. The maximum absolute atomic E-state index is 9.85. The van der Waals surface area contributed by atoms with Crippen LogP contribution in [-0.4, -0.2) is 22.8 Å². The number of phenolic OH excluding ortho intramolecular Hbond substituents is 2. The van der Waals surface area contributed by atoms with E-state index < -0.39 is 0 Å². The summed E-state index contributed by atoms with van der Waals surface area (Å²) >= 11 is 0. The number of rotatable bonds is 2. The Morgan fingerprint density at radius 2 is 2.20 bits per heavy atom. The van der Waals surface area contributed by atoms with Crippen LogP contribution in [-0.2, 0) is 6.42 Å². The largest absolute Gasteiger partial charge is 0.508 e. The van der Waals surface area contributed by atoms with Gasteiger partial charge in [-0.25, -0.2) is 0 Å². The topological polar surface area (TPSA) is 52.5 Å². The van der Waals surface area contributed by atoms with Crippen LogP contribution in [0.3, 0.4) is 0 Å². The summed E-state index contributed by atoms with van der Waals surface area (Å²) in [5.74, 6) is 0.402. The molecule has 1 aromatic rings. The van der Waals surface area contributed by atoms with Gasteiger partial charge in [0.15, 0.2) is 0 Å². The molecule has 3 heteroatoms. The molecular weight excluding hydrogens is 190 g/mol. The first-order valence-corrected chi connectivity index (χ1v) is 5.42. The minimum atomic E-state index is 0.163. The van der Waals surface area contributed by atoms with Gasteiger partial charge in [0.05, 0.1) is 0 Å². The lowest BCUT2D eigenvalue weighted by atomic mass is 10.0. The molecule has 0 amide bonds. The molecule has 2 rings (SSSR count). The molecule has 1 aliphatic rings. The number of phenols is 2. The second-order valence-electron chi connectivity index (χ2n) is 4.21. The van der Waals surface area contributed by atoms with Gasteiger partial charge >= 0.3 is 0 Å². The molecule has 0 aliphatic carbocycles. The zero-order valence-corrected chi connectivity index (χ0v) is 8.95. The summed E-state index contributed by atoms with van der Waals surface area (Å²) in [5, 5.41) is 22.7. The van der Waals surface area contributed by atoms with Gasteiger partial charge < -0.3 is 15.5 Å². The first-order chi connectivity index (χ1) is 7.18. The van der Waals surface area contributed by atoms with E-state index in [9.17, 15) is 10.2 Å². The highest BCUT2D eigenvalue weighted by molar-refractivity contribution is 5.47. The molecule has 1 unspecified atom stereocenters. The highest BCUT2D eigenvalue weighted by Crippen LogP contribution is 2.30. The third-order valence-electron chi connectivity index (χ3n) is 3.11. The molecule has 3 nitrogen and oxygen atoms in total. The Morgan fingerprint density at radius 3 is 2.87 bits per heavy atom. The van der Waals surface area contributed by atoms with Gasteiger partial charge in [0.25, 0.3) is 0 Å². The van der Waals surface area contributed by atoms with Crippen molar-refractivity contribution < 1.29 is 10.2 Å². The van der Waals surface area contributed by atoms with Crippen LogP contribution in [0.25, 0.3) is 0 Å². The fourth-order valence-corrected chi connectivity index (χ4v) is 2.11. The highest BCUT2D eigenvalue weighted by atomic mass is 16.3. The predicted molar refractivity (Wildman–Crippen MR) is 59.2 cm³/mol. The molecule has 1 aliphatic heterocycles. The van der Waals surface area contributed by atoms with Crippen LogP contribution in [0.2, 0.25) is 0 Å². The Hall–Kier alpha value is -1.22. The van der Waals surface area contributed by atoms with Crippen molar-refractivity contribution in [3.05, 3.63) is 23.3 Å². The van der Waals surface area contributed by atoms with E-state index in [0.29, 0.717) is 11.6 Å². The fourth-order valence-electron chi connectivity index (χ4n) is 2.11. The van der Waals surface area contributed by atoms with E-state index in [2.05, 4.69) is 5.32 Å². The monoisotopic (exact) mass is 207 g/mol. The predicted octanol–water partition coefficient (Wildman–Crippen LogP) is 1.70. The molecule has 3 N–H and O–H groups in total. The summed E-state index contributed by atoms with van der Waals surface area (Å²) in [6.45, 7) is 2.80. The molecule has 15 heavy (non-hydrogen) atoms. The van der Waals surface area contributed by atoms with Crippen molar-refractivity contribution in [2.75, 3.05) is 6.54 Å². The Kier molecular flexibility index (Phi) is 2.82. The number of hydrogen-bond acceptors (Lipinski definition) is 3. The minimum Gasteiger partial charge on any atom is -0.508 e. The van der Waals surface area contributed by atoms with Crippen molar-refractivity contribution in [1.29, 1.82) is 0 Å². The van der Waals surface area contributed by atoms with E-state index in [0.717, 1.165) is 18.5 Å². The maximum Gasteiger partial charge on any atom is 0.125 e. The first-order valence-electron chi connectivity index (χ1n) is 5.42. The van der Waals surface area contributed by atoms with Gasteiger partial charge in [0, 0.05) is 11.6 Å². The molecule has 0 saturated carbocycles. The van der Waals surface area contributed by atoms with E-state index in [4.69, 9.17) is 0 Å². The highest BCUT2D eigenvalue weighted by Gasteiger charge is 2.17. The van der Waals surface area contributed by atoms with Crippen LogP contribution in [0.4, 0.5) is 0 Å². The van der Waals surface area contributed by atoms with Gasteiger partial charge in [-0.3, -0.25) is 0 Å². The Labute approximate surface area is 89.8 Å². The van der Waals surface area contributed by atoms with Gasteiger partial charge in [-0.1, -0.05) is 6.07 Å². The number of benzene rings is 1. The van der Waals surface area contributed by atoms with Gasteiger partial charge in [-0.2, -0.15) is 0 Å². The van der Waals surface area contributed by atoms with E-state index in [1.807, 2.05) is 0 Å². The lowest BCUT2D eigenvalue weighted by Crippen LogP contribution is -2.23. The van der Waals surface area contributed by atoms with E-state index in [1.54, 1.807) is 19.1 Å². The molecule has 0 spiro atoms. The second-order valence-corrected chi connectivity index (χ2v) is 4.21. The summed E-state index contributed by atoms with van der Waals surface area (Å²) in [7, 11) is 0. The molecule has 82 valence electrons. The van der Waals surface area contributed by atoms with Gasteiger partial charge in [0.2, 0.25) is 0 Å². The first kappa shape index (κ1) is 10.3. The second kappa shape index (κ2) is 4.11. The average Bonchev–Trinajstić information content (AvgIpc) is 2.72. The zero-order chi connectivity index (χ0) is 10.8. The number of nitrogens with one attached hydrogen (secondary N) is 1. The van der Waals surface area contributed by atoms with Crippen LogP contribution in [0.5, 0.6) is 11.5 Å². The van der Waals surface area contributed by atoms with E-state index >= 15 is 0 Å². The van der Waals surface area contributed by atoms with Crippen molar-refractivity contribution in [2.24, 2.45) is 0 Å². The molecule has 1 saturated heterocycles. The number of hydrogen-bond donors (Lipinski definition) is 3. The fraction of sp³-hybridized carbons (Fsp3) is 0.500.